The number of hydrogen-bond acceptors (Lipinski definition) is 8. The molecule has 0 aliphatic carbocycles. The molecule has 2 aromatic heterocycles. The number of thioether (sulfide) groups is 1. The van der Waals surface area contributed by atoms with Gasteiger partial charge in [0.1, 0.15) is 10.8 Å². The van der Waals surface area contributed by atoms with Gasteiger partial charge in [-0.05, 0) is 26.3 Å². The number of carbonyl (C=O) groups excluding carboxylic acids is 2. The average molecular weight is 382 g/mol. The molecule has 0 saturated heterocycles. The molecule has 2 aromatic rings. The summed E-state index contributed by atoms with van der Waals surface area (Å²) in [6.45, 7) is 5.66. The number of anilines is 2. The Morgan fingerprint density at radius 3 is 2.80 bits per heavy atom. The summed E-state index contributed by atoms with van der Waals surface area (Å²) in [6.07, 6.45) is 0. The van der Waals surface area contributed by atoms with E-state index in [9.17, 15) is 14.4 Å². The maximum absolute atomic E-state index is 12.2. The van der Waals surface area contributed by atoms with E-state index in [1.807, 2.05) is 13.8 Å². The molecule has 2 heterocycles. The fourth-order valence-corrected chi connectivity index (χ4v) is 3.73. The van der Waals surface area contributed by atoms with Gasteiger partial charge in [0.15, 0.2) is 5.16 Å². The van der Waals surface area contributed by atoms with E-state index in [2.05, 4.69) is 15.3 Å². The molecule has 0 bridgehead atoms. The van der Waals surface area contributed by atoms with Gasteiger partial charge < -0.3 is 20.8 Å². The molecule has 0 radical (unpaired) electrons. The molecule has 0 saturated carbocycles. The number of nitrogens with zero attached hydrogens (tertiary/aromatic N) is 1. The lowest BCUT2D eigenvalue weighted by Crippen LogP contribution is -2.17. The number of rotatable bonds is 6. The summed E-state index contributed by atoms with van der Waals surface area (Å²) >= 11 is 2.36. The van der Waals surface area contributed by atoms with Crippen molar-refractivity contribution in [3.63, 3.8) is 0 Å². The van der Waals surface area contributed by atoms with Crippen LogP contribution in [0.1, 0.15) is 27.7 Å². The number of thiophene rings is 1. The van der Waals surface area contributed by atoms with Crippen molar-refractivity contribution in [2.45, 2.75) is 25.9 Å². The number of carbonyl (C=O) groups is 2. The Hall–Kier alpha value is -2.33. The lowest BCUT2D eigenvalue weighted by atomic mass is 10.1. The van der Waals surface area contributed by atoms with Crippen LogP contribution in [0.5, 0.6) is 0 Å². The van der Waals surface area contributed by atoms with Gasteiger partial charge in [-0.15, -0.1) is 11.3 Å². The van der Waals surface area contributed by atoms with Crippen LogP contribution in [0.25, 0.3) is 0 Å². The van der Waals surface area contributed by atoms with Crippen LogP contribution < -0.4 is 16.6 Å². The minimum Gasteiger partial charge on any atom is -0.462 e. The highest BCUT2D eigenvalue weighted by atomic mass is 32.2. The second-order valence-electron chi connectivity index (χ2n) is 5.02. The van der Waals surface area contributed by atoms with Crippen LogP contribution in [0.2, 0.25) is 0 Å². The molecule has 10 heteroatoms. The third kappa shape index (κ3) is 4.83. The smallest absolute Gasteiger partial charge is 0.341 e. The normalized spacial score (nSPS) is 10.5. The molecule has 0 unspecified atom stereocenters. The summed E-state index contributed by atoms with van der Waals surface area (Å²) in [5.41, 5.74) is 6.27. The molecular weight excluding hydrogens is 364 g/mol. The van der Waals surface area contributed by atoms with Crippen LogP contribution >= 0.6 is 23.1 Å². The fourth-order valence-electron chi connectivity index (χ4n) is 1.98. The first kappa shape index (κ1) is 19.0. The van der Waals surface area contributed by atoms with E-state index < -0.39 is 5.97 Å². The molecule has 2 rings (SSSR count). The summed E-state index contributed by atoms with van der Waals surface area (Å²) in [7, 11) is 0. The van der Waals surface area contributed by atoms with Crippen molar-refractivity contribution >= 4 is 45.8 Å². The Labute approximate surface area is 152 Å². The van der Waals surface area contributed by atoms with Gasteiger partial charge in [-0.3, -0.25) is 9.59 Å². The van der Waals surface area contributed by atoms with Crippen LogP contribution in [0, 0.1) is 13.8 Å². The second kappa shape index (κ2) is 8.17. The quantitative estimate of drug-likeness (QED) is 0.396. The average Bonchev–Trinajstić information content (AvgIpc) is 2.79. The topological polar surface area (TPSA) is 127 Å². The van der Waals surface area contributed by atoms with Crippen molar-refractivity contribution in [2.75, 3.05) is 23.4 Å². The monoisotopic (exact) mass is 382 g/mol. The number of nitrogen functional groups attached to an aromatic ring is 1. The van der Waals surface area contributed by atoms with Crippen LogP contribution in [-0.4, -0.2) is 34.2 Å². The largest absolute Gasteiger partial charge is 0.462 e. The van der Waals surface area contributed by atoms with Crippen molar-refractivity contribution in [1.29, 1.82) is 0 Å². The zero-order valence-corrected chi connectivity index (χ0v) is 15.6. The van der Waals surface area contributed by atoms with Crippen LogP contribution in [0.15, 0.2) is 16.0 Å². The van der Waals surface area contributed by atoms with Gasteiger partial charge in [-0.2, -0.15) is 0 Å². The highest BCUT2D eigenvalue weighted by molar-refractivity contribution is 7.99. The number of hydrogen-bond donors (Lipinski definition) is 3. The van der Waals surface area contributed by atoms with Crippen LogP contribution in [0.3, 0.4) is 0 Å². The van der Waals surface area contributed by atoms with Crippen molar-refractivity contribution < 1.29 is 14.3 Å². The Balaban J connectivity index is 2.09. The zero-order valence-electron chi connectivity index (χ0n) is 14.0. The molecular formula is C15H18N4O4S2. The van der Waals surface area contributed by atoms with E-state index in [0.29, 0.717) is 10.6 Å². The SMILES string of the molecule is CCOC(=O)c1c(NC(=O)CSc2nc(N)cc(=O)[nH]2)sc(C)c1C. The first-order valence-electron chi connectivity index (χ1n) is 7.38. The fraction of sp³-hybridized carbons (Fsp3) is 0.333. The van der Waals surface area contributed by atoms with Gasteiger partial charge in [0, 0.05) is 10.9 Å². The number of aromatic amines is 1. The number of nitrogens with two attached hydrogens (primary N) is 1. The number of nitrogens with one attached hydrogen (secondary N) is 2. The van der Waals surface area contributed by atoms with Gasteiger partial charge >= 0.3 is 5.97 Å². The second-order valence-corrected chi connectivity index (χ2v) is 7.21. The molecule has 0 atom stereocenters. The lowest BCUT2D eigenvalue weighted by Gasteiger charge is -2.07. The Morgan fingerprint density at radius 1 is 1.44 bits per heavy atom. The minimum absolute atomic E-state index is 0.00462. The predicted octanol–water partition coefficient (Wildman–Crippen LogP) is 1.94. The molecule has 8 nitrogen and oxygen atoms in total. The van der Waals surface area contributed by atoms with E-state index >= 15 is 0 Å². The maximum atomic E-state index is 12.2. The summed E-state index contributed by atoms with van der Waals surface area (Å²) in [4.78, 5) is 43.0. The molecule has 1 amide bonds. The molecule has 0 fully saturated rings. The third-order valence-electron chi connectivity index (χ3n) is 3.20. The number of esters is 1. The highest BCUT2D eigenvalue weighted by Gasteiger charge is 2.22. The van der Waals surface area contributed by atoms with Crippen molar-refractivity contribution in [2.24, 2.45) is 0 Å². The Kier molecular flexibility index (Phi) is 6.21. The van der Waals surface area contributed by atoms with Crippen molar-refractivity contribution in [1.82, 2.24) is 9.97 Å². The first-order valence-corrected chi connectivity index (χ1v) is 9.18. The summed E-state index contributed by atoms with van der Waals surface area (Å²) in [5.74, 6) is -0.707. The lowest BCUT2D eigenvalue weighted by molar-refractivity contribution is -0.113. The zero-order chi connectivity index (χ0) is 18.6. The van der Waals surface area contributed by atoms with Crippen molar-refractivity contribution in [3.05, 3.63) is 32.4 Å². The van der Waals surface area contributed by atoms with Gasteiger partial charge in [0.05, 0.1) is 17.9 Å². The van der Waals surface area contributed by atoms with E-state index in [1.54, 1.807) is 6.92 Å². The maximum Gasteiger partial charge on any atom is 0.341 e. The molecule has 25 heavy (non-hydrogen) atoms. The van der Waals surface area contributed by atoms with Gasteiger partial charge in [0.25, 0.3) is 5.56 Å². The standard InChI is InChI=1S/C15H18N4O4S2/c1-4-23-14(22)12-7(2)8(3)25-13(12)18-11(21)6-24-15-17-9(16)5-10(20)19-15/h5H,4,6H2,1-3H3,(H,18,21)(H3,16,17,19,20). The minimum atomic E-state index is -0.464. The number of amides is 1. The molecule has 0 aromatic carbocycles. The number of aromatic nitrogens is 2. The summed E-state index contributed by atoms with van der Waals surface area (Å²) < 4.78 is 5.05. The van der Waals surface area contributed by atoms with E-state index in [0.717, 1.165) is 28.3 Å². The first-order chi connectivity index (χ1) is 11.8. The Bertz CT molecular complexity index is 860. The molecule has 0 aliphatic heterocycles. The van der Waals surface area contributed by atoms with Gasteiger partial charge in [-0.1, -0.05) is 11.8 Å². The van der Waals surface area contributed by atoms with Crippen LogP contribution in [0.4, 0.5) is 10.8 Å². The van der Waals surface area contributed by atoms with Crippen LogP contribution in [-0.2, 0) is 9.53 Å². The highest BCUT2D eigenvalue weighted by Crippen LogP contribution is 2.33. The van der Waals surface area contributed by atoms with Crippen molar-refractivity contribution in [3.8, 4) is 0 Å². The third-order valence-corrected chi connectivity index (χ3v) is 5.19. The van der Waals surface area contributed by atoms with E-state index in [1.165, 1.54) is 11.3 Å². The van der Waals surface area contributed by atoms with Gasteiger partial charge in [-0.25, -0.2) is 9.78 Å². The molecule has 0 aliphatic rings. The van der Waals surface area contributed by atoms with E-state index in [4.69, 9.17) is 10.5 Å². The predicted molar refractivity (Wildman–Crippen MR) is 98.4 cm³/mol. The number of ether oxygens (including phenoxy) is 1. The molecule has 4 N–H and O–H groups in total. The van der Waals surface area contributed by atoms with E-state index in [-0.39, 0.29) is 34.8 Å². The summed E-state index contributed by atoms with van der Waals surface area (Å²) in [6, 6.07) is 1.16. The van der Waals surface area contributed by atoms with Gasteiger partial charge in [0.2, 0.25) is 5.91 Å². The Morgan fingerprint density at radius 2 is 2.16 bits per heavy atom. The molecule has 0 spiro atoms. The molecule has 134 valence electrons. The summed E-state index contributed by atoms with van der Waals surface area (Å²) in [5, 5.41) is 3.42. The number of H-pyrrole nitrogens is 1. The number of aryl methyl sites for hydroxylation is 1.